The molecule has 0 radical (unpaired) electrons. The van der Waals surface area contributed by atoms with Crippen LogP contribution in [0, 0.1) is 5.92 Å². The van der Waals surface area contributed by atoms with Crippen LogP contribution in [0.25, 0.3) is 0 Å². The summed E-state index contributed by atoms with van der Waals surface area (Å²) in [5, 5.41) is 12.2. The minimum Gasteiger partial charge on any atom is -0.479 e. The van der Waals surface area contributed by atoms with Gasteiger partial charge in [-0.25, -0.2) is 9.59 Å². The number of nitrogens with one attached hydrogen (secondary N) is 1. The largest absolute Gasteiger partial charge is 0.479 e. The molecular weight excluding hydrogens is 268 g/mol. The molecule has 5 nitrogen and oxygen atoms in total. The molecule has 21 heavy (non-hydrogen) atoms. The Balaban J connectivity index is 2.16. The predicted octanol–water partition coefficient (Wildman–Crippen LogP) is 2.43. The second-order valence-corrected chi connectivity index (χ2v) is 5.92. The lowest BCUT2D eigenvalue weighted by atomic mass is 9.92. The molecule has 1 fully saturated rings. The van der Waals surface area contributed by atoms with Crippen molar-refractivity contribution in [2.75, 3.05) is 7.05 Å². The van der Waals surface area contributed by atoms with Gasteiger partial charge in [-0.05, 0) is 38.2 Å². The quantitative estimate of drug-likeness (QED) is 0.875. The fraction of sp³-hybridized carbons (Fsp3) is 0.500. The standard InChI is InChI=1S/C16H22N2O3/c1-11(12-9-10-12)18(3)15(21)17-16(2,14(19)20)13-7-5-4-6-8-13/h4-8,11-12H,9-10H2,1-3H3,(H,17,21)(H,19,20). The molecule has 1 aliphatic rings. The molecule has 2 atom stereocenters. The number of hydrogen-bond donors (Lipinski definition) is 2. The molecule has 5 heteroatoms. The minimum atomic E-state index is -1.43. The lowest BCUT2D eigenvalue weighted by Gasteiger charge is -2.32. The average molecular weight is 290 g/mol. The van der Waals surface area contributed by atoms with Gasteiger partial charge in [0.25, 0.3) is 0 Å². The molecule has 2 N–H and O–H groups in total. The minimum absolute atomic E-state index is 0.124. The molecule has 1 saturated carbocycles. The number of carbonyl (C=O) groups is 2. The first-order chi connectivity index (χ1) is 9.86. The number of carboxylic acid groups (broad SMARTS) is 1. The maximum absolute atomic E-state index is 12.4. The Hall–Kier alpha value is -2.04. The summed E-state index contributed by atoms with van der Waals surface area (Å²) in [5.74, 6) is -0.539. The topological polar surface area (TPSA) is 69.6 Å². The van der Waals surface area contributed by atoms with Gasteiger partial charge >= 0.3 is 12.0 Å². The van der Waals surface area contributed by atoms with E-state index in [2.05, 4.69) is 5.32 Å². The molecule has 1 aromatic rings. The Kier molecular flexibility index (Phi) is 4.21. The highest BCUT2D eigenvalue weighted by Crippen LogP contribution is 2.34. The Labute approximate surface area is 125 Å². The van der Waals surface area contributed by atoms with Gasteiger partial charge in [-0.2, -0.15) is 0 Å². The van der Waals surface area contributed by atoms with E-state index in [4.69, 9.17) is 0 Å². The summed E-state index contributed by atoms with van der Waals surface area (Å²) in [6, 6.07) is 8.52. The molecular formula is C16H22N2O3. The van der Waals surface area contributed by atoms with Crippen LogP contribution in [0.4, 0.5) is 4.79 Å². The molecule has 0 bridgehead atoms. The molecule has 2 rings (SSSR count). The number of carbonyl (C=O) groups excluding carboxylic acids is 1. The van der Waals surface area contributed by atoms with E-state index in [1.54, 1.807) is 36.2 Å². The summed E-state index contributed by atoms with van der Waals surface area (Å²) in [6.07, 6.45) is 2.27. The summed E-state index contributed by atoms with van der Waals surface area (Å²) >= 11 is 0. The number of nitrogens with zero attached hydrogens (tertiary/aromatic N) is 1. The van der Waals surface area contributed by atoms with Crippen LogP contribution in [0.2, 0.25) is 0 Å². The van der Waals surface area contributed by atoms with Gasteiger partial charge in [-0.15, -0.1) is 0 Å². The molecule has 0 heterocycles. The van der Waals surface area contributed by atoms with Crippen LogP contribution in [0.5, 0.6) is 0 Å². The van der Waals surface area contributed by atoms with E-state index in [-0.39, 0.29) is 12.1 Å². The maximum Gasteiger partial charge on any atom is 0.333 e. The molecule has 0 spiro atoms. The summed E-state index contributed by atoms with van der Waals surface area (Å²) in [6.45, 7) is 3.51. The van der Waals surface area contributed by atoms with Gasteiger partial charge < -0.3 is 15.3 Å². The summed E-state index contributed by atoms with van der Waals surface area (Å²) in [7, 11) is 1.71. The second-order valence-electron chi connectivity index (χ2n) is 5.92. The van der Waals surface area contributed by atoms with Crippen molar-refractivity contribution in [1.29, 1.82) is 0 Å². The van der Waals surface area contributed by atoms with Crippen molar-refractivity contribution in [3.05, 3.63) is 35.9 Å². The summed E-state index contributed by atoms with van der Waals surface area (Å²) in [5.41, 5.74) is -0.881. The SMILES string of the molecule is CC(C1CC1)N(C)C(=O)NC(C)(C(=O)O)c1ccccc1. The maximum atomic E-state index is 12.4. The van der Waals surface area contributed by atoms with Crippen molar-refractivity contribution >= 4 is 12.0 Å². The highest BCUT2D eigenvalue weighted by atomic mass is 16.4. The van der Waals surface area contributed by atoms with E-state index in [1.165, 1.54) is 6.92 Å². The molecule has 2 unspecified atom stereocenters. The van der Waals surface area contributed by atoms with Crippen molar-refractivity contribution < 1.29 is 14.7 Å². The van der Waals surface area contributed by atoms with Gasteiger partial charge in [0.2, 0.25) is 0 Å². The van der Waals surface area contributed by atoms with Gasteiger partial charge in [0.15, 0.2) is 5.54 Å². The number of hydrogen-bond acceptors (Lipinski definition) is 2. The zero-order valence-electron chi connectivity index (χ0n) is 12.7. The fourth-order valence-electron chi connectivity index (χ4n) is 2.40. The first kappa shape index (κ1) is 15.4. The second kappa shape index (κ2) is 5.76. The third kappa shape index (κ3) is 3.17. The number of benzene rings is 1. The van der Waals surface area contributed by atoms with Gasteiger partial charge in [-0.3, -0.25) is 0 Å². The van der Waals surface area contributed by atoms with E-state index in [1.807, 2.05) is 13.0 Å². The normalized spacial score (nSPS) is 18.4. The van der Waals surface area contributed by atoms with Crippen LogP contribution in [0.3, 0.4) is 0 Å². The number of aliphatic carboxylic acids is 1. The number of amides is 2. The third-order valence-corrected chi connectivity index (χ3v) is 4.37. The molecule has 1 aliphatic carbocycles. The van der Waals surface area contributed by atoms with Crippen LogP contribution < -0.4 is 5.32 Å². The Morgan fingerprint density at radius 3 is 2.38 bits per heavy atom. The molecule has 0 saturated heterocycles. The number of carboxylic acids is 1. The Morgan fingerprint density at radius 1 is 1.33 bits per heavy atom. The van der Waals surface area contributed by atoms with Crippen LogP contribution in [0.15, 0.2) is 30.3 Å². The molecule has 2 amide bonds. The van der Waals surface area contributed by atoms with E-state index in [0.717, 1.165) is 12.8 Å². The van der Waals surface area contributed by atoms with E-state index in [0.29, 0.717) is 11.5 Å². The monoisotopic (exact) mass is 290 g/mol. The lowest BCUT2D eigenvalue weighted by Crippen LogP contribution is -2.55. The molecule has 1 aromatic carbocycles. The van der Waals surface area contributed by atoms with Crippen LogP contribution in [-0.4, -0.2) is 35.1 Å². The van der Waals surface area contributed by atoms with Gasteiger partial charge in [0.1, 0.15) is 0 Å². The van der Waals surface area contributed by atoms with Gasteiger partial charge in [0.05, 0.1) is 0 Å². The van der Waals surface area contributed by atoms with Gasteiger partial charge in [0, 0.05) is 13.1 Å². The highest BCUT2D eigenvalue weighted by molar-refractivity contribution is 5.87. The first-order valence-electron chi connectivity index (χ1n) is 7.20. The molecule has 114 valence electrons. The van der Waals surface area contributed by atoms with Crippen molar-refractivity contribution in [3.63, 3.8) is 0 Å². The Morgan fingerprint density at radius 2 is 1.90 bits per heavy atom. The lowest BCUT2D eigenvalue weighted by molar-refractivity contribution is -0.144. The Bertz CT molecular complexity index is 528. The van der Waals surface area contributed by atoms with Gasteiger partial charge in [-0.1, -0.05) is 30.3 Å². The van der Waals surface area contributed by atoms with Crippen LogP contribution >= 0.6 is 0 Å². The smallest absolute Gasteiger partial charge is 0.333 e. The van der Waals surface area contributed by atoms with Crippen molar-refractivity contribution in [1.82, 2.24) is 10.2 Å². The van der Waals surface area contributed by atoms with Crippen molar-refractivity contribution in [2.45, 2.75) is 38.3 Å². The number of urea groups is 1. The van der Waals surface area contributed by atoms with Crippen molar-refractivity contribution in [2.24, 2.45) is 5.92 Å². The molecule has 0 aliphatic heterocycles. The fourth-order valence-corrected chi connectivity index (χ4v) is 2.40. The zero-order valence-corrected chi connectivity index (χ0v) is 12.7. The zero-order chi connectivity index (χ0) is 15.6. The average Bonchev–Trinajstić information content (AvgIpc) is 3.30. The van der Waals surface area contributed by atoms with E-state index >= 15 is 0 Å². The van der Waals surface area contributed by atoms with Crippen LogP contribution in [0.1, 0.15) is 32.3 Å². The van der Waals surface area contributed by atoms with Crippen molar-refractivity contribution in [3.8, 4) is 0 Å². The first-order valence-corrected chi connectivity index (χ1v) is 7.20. The third-order valence-electron chi connectivity index (χ3n) is 4.37. The van der Waals surface area contributed by atoms with E-state index < -0.39 is 11.5 Å². The summed E-state index contributed by atoms with van der Waals surface area (Å²) < 4.78 is 0. The van der Waals surface area contributed by atoms with Crippen LogP contribution in [-0.2, 0) is 10.3 Å². The summed E-state index contributed by atoms with van der Waals surface area (Å²) in [4.78, 5) is 25.6. The molecule has 0 aromatic heterocycles. The highest BCUT2D eigenvalue weighted by Gasteiger charge is 2.39. The number of rotatable bonds is 5. The van der Waals surface area contributed by atoms with E-state index in [9.17, 15) is 14.7 Å². The predicted molar refractivity (Wildman–Crippen MR) is 79.9 cm³/mol.